The summed E-state index contributed by atoms with van der Waals surface area (Å²) in [6.45, 7) is 0. The van der Waals surface area contributed by atoms with Crippen molar-refractivity contribution < 1.29 is 4.39 Å². The molecule has 2 aromatic heterocycles. The molecule has 0 atom stereocenters. The first kappa shape index (κ1) is 13.4. The van der Waals surface area contributed by atoms with Gasteiger partial charge in [0.15, 0.2) is 5.82 Å². The van der Waals surface area contributed by atoms with Crippen molar-refractivity contribution in [3.05, 3.63) is 47.8 Å². The summed E-state index contributed by atoms with van der Waals surface area (Å²) in [5, 5.41) is 3.12. The Balaban J connectivity index is 2.15. The van der Waals surface area contributed by atoms with Crippen LogP contribution in [0.1, 0.15) is 0 Å². The topological polar surface area (TPSA) is 68.5 Å². The molecule has 3 aromatic rings. The third-order valence-corrected chi connectivity index (χ3v) is 2.92. The first-order valence-corrected chi connectivity index (χ1v) is 6.42. The van der Waals surface area contributed by atoms with E-state index >= 15 is 0 Å². The quantitative estimate of drug-likeness (QED) is 0.805. The van der Waals surface area contributed by atoms with Crippen LogP contribution in [0.25, 0.3) is 17.3 Å². The fourth-order valence-corrected chi connectivity index (χ4v) is 2.00. The molecule has 6 nitrogen and oxygen atoms in total. The van der Waals surface area contributed by atoms with Gasteiger partial charge in [-0.25, -0.2) is 9.37 Å². The second-order valence-electron chi connectivity index (χ2n) is 4.16. The summed E-state index contributed by atoms with van der Waals surface area (Å²) in [4.78, 5) is 16.7. The van der Waals surface area contributed by atoms with Gasteiger partial charge in [-0.05, 0) is 18.2 Å². The molecule has 0 aliphatic heterocycles. The number of aromatic nitrogens is 5. The summed E-state index contributed by atoms with van der Waals surface area (Å²) < 4.78 is 15.1. The average Bonchev–Trinajstić information content (AvgIpc) is 3.00. The van der Waals surface area contributed by atoms with Gasteiger partial charge in [-0.15, -0.1) is 0 Å². The van der Waals surface area contributed by atoms with Crippen molar-refractivity contribution in [3.8, 4) is 17.3 Å². The maximum absolute atomic E-state index is 13.5. The van der Waals surface area contributed by atoms with Gasteiger partial charge in [0.05, 0.1) is 0 Å². The minimum absolute atomic E-state index is 0.278. The van der Waals surface area contributed by atoms with Gasteiger partial charge in [0.1, 0.15) is 12.1 Å². The molecule has 0 aliphatic rings. The fraction of sp³-hybridized carbons (Fsp3) is 0.0769. The molecule has 1 N–H and O–H groups in total. The predicted octanol–water partition coefficient (Wildman–Crippen LogP) is 2.56. The highest BCUT2D eigenvalue weighted by molar-refractivity contribution is 6.30. The molecule has 106 valence electrons. The lowest BCUT2D eigenvalue weighted by Gasteiger charge is -2.07. The largest absolute Gasteiger partial charge is 0.357 e. The Bertz CT molecular complexity index is 754. The molecule has 0 saturated carbocycles. The van der Waals surface area contributed by atoms with Crippen molar-refractivity contribution >= 4 is 17.5 Å². The summed E-state index contributed by atoms with van der Waals surface area (Å²) >= 11 is 5.87. The van der Waals surface area contributed by atoms with Crippen LogP contribution in [0.4, 0.5) is 10.3 Å². The van der Waals surface area contributed by atoms with E-state index in [9.17, 15) is 4.39 Å². The second kappa shape index (κ2) is 5.45. The van der Waals surface area contributed by atoms with Gasteiger partial charge in [-0.2, -0.15) is 15.0 Å². The molecule has 2 heterocycles. The number of hydrogen-bond donors (Lipinski definition) is 1. The van der Waals surface area contributed by atoms with E-state index in [0.29, 0.717) is 23.3 Å². The van der Waals surface area contributed by atoms with Crippen LogP contribution < -0.4 is 5.32 Å². The Kier molecular flexibility index (Phi) is 3.49. The van der Waals surface area contributed by atoms with Crippen LogP contribution in [0.15, 0.2) is 36.9 Å². The number of imidazole rings is 1. The van der Waals surface area contributed by atoms with Crippen LogP contribution in [0, 0.1) is 5.82 Å². The molecule has 0 saturated heterocycles. The van der Waals surface area contributed by atoms with E-state index in [1.54, 1.807) is 36.4 Å². The maximum atomic E-state index is 13.5. The van der Waals surface area contributed by atoms with Crippen LogP contribution in [0.3, 0.4) is 0 Å². The van der Waals surface area contributed by atoms with Crippen molar-refractivity contribution in [3.63, 3.8) is 0 Å². The molecule has 0 unspecified atom stereocenters. The molecule has 0 bridgehead atoms. The Labute approximate surface area is 124 Å². The van der Waals surface area contributed by atoms with Crippen molar-refractivity contribution in [1.82, 2.24) is 24.5 Å². The number of nitrogens with one attached hydrogen (secondary N) is 1. The Morgan fingerprint density at radius 3 is 2.71 bits per heavy atom. The van der Waals surface area contributed by atoms with E-state index in [-0.39, 0.29) is 5.02 Å². The maximum Gasteiger partial charge on any atom is 0.240 e. The molecule has 0 radical (unpaired) electrons. The van der Waals surface area contributed by atoms with Gasteiger partial charge in [0.2, 0.25) is 11.9 Å². The molecule has 21 heavy (non-hydrogen) atoms. The van der Waals surface area contributed by atoms with Gasteiger partial charge in [0.25, 0.3) is 0 Å². The molecular weight excluding hydrogens is 295 g/mol. The summed E-state index contributed by atoms with van der Waals surface area (Å²) in [6.07, 6.45) is 4.88. The lowest BCUT2D eigenvalue weighted by molar-refractivity contribution is 0.628. The number of benzene rings is 1. The number of rotatable bonds is 3. The van der Waals surface area contributed by atoms with Crippen LogP contribution in [-0.4, -0.2) is 31.6 Å². The summed E-state index contributed by atoms with van der Waals surface area (Å²) in [6, 6.07) is 4.14. The molecule has 0 fully saturated rings. The standard InChI is InChI=1S/C13H10ClFN6/c1-16-12-18-11(8-4-9(14)6-10(15)5-8)19-13(20-12)21-3-2-17-7-21/h2-7H,1H3,(H,16,18,19,20). The summed E-state index contributed by atoms with van der Waals surface area (Å²) in [7, 11) is 1.69. The van der Waals surface area contributed by atoms with Gasteiger partial charge in [0, 0.05) is 30.0 Å². The van der Waals surface area contributed by atoms with Crippen molar-refractivity contribution in [2.75, 3.05) is 12.4 Å². The van der Waals surface area contributed by atoms with Crippen molar-refractivity contribution in [2.24, 2.45) is 0 Å². The van der Waals surface area contributed by atoms with Gasteiger partial charge < -0.3 is 5.32 Å². The van der Waals surface area contributed by atoms with Gasteiger partial charge in [-0.1, -0.05) is 11.6 Å². The zero-order valence-corrected chi connectivity index (χ0v) is 11.7. The summed E-state index contributed by atoms with van der Waals surface area (Å²) in [5.41, 5.74) is 0.472. The minimum atomic E-state index is -0.451. The van der Waals surface area contributed by atoms with Crippen LogP contribution in [-0.2, 0) is 0 Å². The molecule has 0 amide bonds. The van der Waals surface area contributed by atoms with E-state index in [0.717, 1.165) is 0 Å². The third kappa shape index (κ3) is 2.82. The average molecular weight is 305 g/mol. The van der Waals surface area contributed by atoms with Crippen LogP contribution >= 0.6 is 11.6 Å². The first-order chi connectivity index (χ1) is 10.2. The molecular formula is C13H10ClFN6. The Morgan fingerprint density at radius 2 is 2.05 bits per heavy atom. The monoisotopic (exact) mass is 304 g/mol. The molecule has 0 spiro atoms. The summed E-state index contributed by atoms with van der Waals surface area (Å²) in [5.74, 6) is 0.610. The van der Waals surface area contributed by atoms with E-state index in [1.165, 1.54) is 12.1 Å². The Hall–Kier alpha value is -2.54. The first-order valence-electron chi connectivity index (χ1n) is 6.04. The van der Waals surface area contributed by atoms with Crippen molar-refractivity contribution in [2.45, 2.75) is 0 Å². The van der Waals surface area contributed by atoms with Crippen LogP contribution in [0.5, 0.6) is 0 Å². The van der Waals surface area contributed by atoms with E-state index in [1.807, 2.05) is 0 Å². The van der Waals surface area contributed by atoms with Crippen LogP contribution in [0.2, 0.25) is 5.02 Å². The highest BCUT2D eigenvalue weighted by atomic mass is 35.5. The highest BCUT2D eigenvalue weighted by Gasteiger charge is 2.11. The second-order valence-corrected chi connectivity index (χ2v) is 4.60. The SMILES string of the molecule is CNc1nc(-c2cc(F)cc(Cl)c2)nc(-n2ccnc2)n1. The van der Waals surface area contributed by atoms with Crippen molar-refractivity contribution in [1.29, 1.82) is 0 Å². The lowest BCUT2D eigenvalue weighted by atomic mass is 10.2. The highest BCUT2D eigenvalue weighted by Crippen LogP contribution is 2.22. The molecule has 8 heteroatoms. The lowest BCUT2D eigenvalue weighted by Crippen LogP contribution is -2.06. The number of nitrogens with zero attached hydrogens (tertiary/aromatic N) is 5. The molecule has 0 aliphatic carbocycles. The number of halogens is 2. The molecule has 1 aromatic carbocycles. The molecule has 3 rings (SSSR count). The predicted molar refractivity (Wildman–Crippen MR) is 76.9 cm³/mol. The van der Waals surface area contributed by atoms with Gasteiger partial charge in [-0.3, -0.25) is 4.57 Å². The van der Waals surface area contributed by atoms with Gasteiger partial charge >= 0.3 is 0 Å². The van der Waals surface area contributed by atoms with E-state index in [2.05, 4.69) is 25.3 Å². The zero-order chi connectivity index (χ0) is 14.8. The van der Waals surface area contributed by atoms with E-state index < -0.39 is 5.82 Å². The Morgan fingerprint density at radius 1 is 1.19 bits per heavy atom. The fourth-order valence-electron chi connectivity index (χ4n) is 1.78. The number of anilines is 1. The third-order valence-electron chi connectivity index (χ3n) is 2.70. The minimum Gasteiger partial charge on any atom is -0.357 e. The van der Waals surface area contributed by atoms with E-state index in [4.69, 9.17) is 11.6 Å². The zero-order valence-electron chi connectivity index (χ0n) is 11.0. The number of hydrogen-bond acceptors (Lipinski definition) is 5. The normalized spacial score (nSPS) is 10.6. The smallest absolute Gasteiger partial charge is 0.240 e.